The van der Waals surface area contributed by atoms with Gasteiger partial charge in [0.15, 0.2) is 0 Å². The van der Waals surface area contributed by atoms with Gasteiger partial charge in [0.1, 0.15) is 0 Å². The summed E-state index contributed by atoms with van der Waals surface area (Å²) in [6, 6.07) is 30.2. The van der Waals surface area contributed by atoms with E-state index in [1.165, 1.54) is 19.7 Å². The average molecular weight is 605 g/mol. The maximum atomic E-state index is 13.9. The number of nitrogens with zero attached hydrogens (tertiary/aromatic N) is 4. The summed E-state index contributed by atoms with van der Waals surface area (Å²) in [6.45, 7) is 5.64. The normalized spacial score (nSPS) is 18.4. The molecule has 220 valence electrons. The maximum Gasteiger partial charge on any atom is 0.243 e. The Kier molecular flexibility index (Phi) is 8.44. The molecule has 0 radical (unpaired) electrons. The zero-order chi connectivity index (χ0) is 29.2. The summed E-state index contributed by atoms with van der Waals surface area (Å²) in [6.07, 6.45) is 0. The van der Waals surface area contributed by atoms with E-state index in [-0.39, 0.29) is 9.79 Å². The lowest BCUT2D eigenvalue weighted by atomic mass is 10.1. The molecule has 2 saturated heterocycles. The van der Waals surface area contributed by atoms with Crippen molar-refractivity contribution in [2.75, 3.05) is 52.4 Å². The largest absolute Gasteiger partial charge is 0.296 e. The lowest BCUT2D eigenvalue weighted by molar-refractivity contribution is 0.181. The predicted molar refractivity (Wildman–Crippen MR) is 165 cm³/mol. The second kappa shape index (κ2) is 12.2. The third kappa shape index (κ3) is 6.01. The first-order valence-corrected chi connectivity index (χ1v) is 17.2. The van der Waals surface area contributed by atoms with Crippen LogP contribution in [-0.4, -0.2) is 87.6 Å². The Balaban J connectivity index is 1.19. The van der Waals surface area contributed by atoms with E-state index in [1.807, 2.05) is 36.4 Å². The highest BCUT2D eigenvalue weighted by molar-refractivity contribution is 7.89. The highest BCUT2D eigenvalue weighted by Crippen LogP contribution is 2.32. The molecular formula is C32H36N4O4S2. The van der Waals surface area contributed by atoms with E-state index in [0.29, 0.717) is 63.1 Å². The van der Waals surface area contributed by atoms with Crippen LogP contribution in [0.1, 0.15) is 11.1 Å². The molecule has 8 nitrogen and oxygen atoms in total. The molecule has 6 rings (SSSR count). The van der Waals surface area contributed by atoms with Crippen LogP contribution in [0.4, 0.5) is 0 Å². The molecule has 0 spiro atoms. The van der Waals surface area contributed by atoms with E-state index in [9.17, 15) is 16.8 Å². The average Bonchev–Trinajstić information content (AvgIpc) is 3.02. The van der Waals surface area contributed by atoms with Crippen LogP contribution in [0.2, 0.25) is 0 Å². The molecule has 4 aromatic carbocycles. The zero-order valence-electron chi connectivity index (χ0n) is 23.5. The van der Waals surface area contributed by atoms with Crippen molar-refractivity contribution in [1.29, 1.82) is 0 Å². The van der Waals surface area contributed by atoms with E-state index in [4.69, 9.17) is 0 Å². The first-order chi connectivity index (χ1) is 20.3. The number of fused-ring (bicyclic) bond motifs is 1. The third-order valence-corrected chi connectivity index (χ3v) is 12.2. The van der Waals surface area contributed by atoms with Crippen LogP contribution < -0.4 is 0 Å². The first kappa shape index (κ1) is 29.0. The summed E-state index contributed by atoms with van der Waals surface area (Å²) in [4.78, 5) is 4.83. The molecule has 0 aromatic heterocycles. The molecule has 2 aliphatic rings. The molecule has 0 aliphatic carbocycles. The highest BCUT2D eigenvalue weighted by atomic mass is 32.2. The van der Waals surface area contributed by atoms with Gasteiger partial charge >= 0.3 is 0 Å². The molecule has 0 saturated carbocycles. The second-order valence-electron chi connectivity index (χ2n) is 10.9. The van der Waals surface area contributed by atoms with Gasteiger partial charge in [-0.05, 0) is 23.3 Å². The van der Waals surface area contributed by atoms with Crippen molar-refractivity contribution < 1.29 is 16.8 Å². The van der Waals surface area contributed by atoms with E-state index < -0.39 is 20.0 Å². The van der Waals surface area contributed by atoms with Gasteiger partial charge in [0.2, 0.25) is 20.0 Å². The third-order valence-electron chi connectivity index (χ3n) is 8.24. The van der Waals surface area contributed by atoms with Gasteiger partial charge in [0.05, 0.1) is 9.79 Å². The minimum Gasteiger partial charge on any atom is -0.296 e. The van der Waals surface area contributed by atoms with Crippen LogP contribution in [0.25, 0.3) is 10.8 Å². The van der Waals surface area contributed by atoms with E-state index >= 15 is 0 Å². The molecule has 0 N–H and O–H groups in total. The molecule has 2 fully saturated rings. The number of hydrogen-bond donors (Lipinski definition) is 0. The van der Waals surface area contributed by atoms with Crippen molar-refractivity contribution >= 4 is 30.8 Å². The highest BCUT2D eigenvalue weighted by Gasteiger charge is 2.33. The molecule has 0 atom stereocenters. The lowest BCUT2D eigenvalue weighted by Crippen LogP contribution is -2.48. The smallest absolute Gasteiger partial charge is 0.243 e. The Bertz CT molecular complexity index is 1600. The number of sulfonamides is 2. The Morgan fingerprint density at radius 1 is 0.429 bits per heavy atom. The Morgan fingerprint density at radius 2 is 0.786 bits per heavy atom. The number of piperazine rings is 2. The van der Waals surface area contributed by atoms with Gasteiger partial charge in [-0.1, -0.05) is 84.9 Å². The van der Waals surface area contributed by atoms with Crippen molar-refractivity contribution in [2.24, 2.45) is 0 Å². The standard InChI is InChI=1S/C32H36N4O4S2/c37-41(38,35-21-17-33(18-22-35)25-27-9-3-1-4-10-27)31-15-7-14-30-29(31)13-8-16-32(30)42(39,40)36-23-19-34(20-24-36)26-28-11-5-2-6-12-28/h1-16H,17-26H2. The Labute approximate surface area is 248 Å². The van der Waals surface area contributed by atoms with Gasteiger partial charge < -0.3 is 0 Å². The Hall–Kier alpha value is -3.12. The summed E-state index contributed by atoms with van der Waals surface area (Å²) >= 11 is 0. The predicted octanol–water partition coefficient (Wildman–Crippen LogP) is 3.85. The molecule has 10 heteroatoms. The minimum atomic E-state index is -3.82. The van der Waals surface area contributed by atoms with Crippen LogP contribution in [0.3, 0.4) is 0 Å². The van der Waals surface area contributed by atoms with Crippen molar-refractivity contribution in [1.82, 2.24) is 18.4 Å². The van der Waals surface area contributed by atoms with Crippen LogP contribution in [0.15, 0.2) is 107 Å². The van der Waals surface area contributed by atoms with Gasteiger partial charge in [-0.15, -0.1) is 0 Å². The quantitative estimate of drug-likeness (QED) is 0.304. The fourth-order valence-electron chi connectivity index (χ4n) is 5.92. The maximum absolute atomic E-state index is 13.9. The molecule has 4 aromatic rings. The van der Waals surface area contributed by atoms with Gasteiger partial charge in [-0.25, -0.2) is 16.8 Å². The minimum absolute atomic E-state index is 0.154. The van der Waals surface area contributed by atoms with Crippen LogP contribution in [0.5, 0.6) is 0 Å². The van der Waals surface area contributed by atoms with Crippen molar-refractivity contribution in [3.63, 3.8) is 0 Å². The van der Waals surface area contributed by atoms with Gasteiger partial charge in [-0.3, -0.25) is 9.80 Å². The van der Waals surface area contributed by atoms with Crippen LogP contribution in [-0.2, 0) is 33.1 Å². The van der Waals surface area contributed by atoms with Gasteiger partial charge in [0.25, 0.3) is 0 Å². The molecule has 0 bridgehead atoms. The van der Waals surface area contributed by atoms with Crippen molar-refractivity contribution in [2.45, 2.75) is 22.9 Å². The molecule has 2 heterocycles. The topological polar surface area (TPSA) is 81.2 Å². The summed E-state index contributed by atoms with van der Waals surface area (Å²) in [5.74, 6) is 0. The van der Waals surface area contributed by atoms with Crippen LogP contribution >= 0.6 is 0 Å². The van der Waals surface area contributed by atoms with Crippen molar-refractivity contribution in [3.8, 4) is 0 Å². The second-order valence-corrected chi connectivity index (χ2v) is 14.8. The fraction of sp³-hybridized carbons (Fsp3) is 0.312. The lowest BCUT2D eigenvalue weighted by Gasteiger charge is -2.34. The SMILES string of the molecule is O=S(=O)(c1cccc2c(S(=O)(=O)N3CCN(Cc4ccccc4)CC3)cccc12)N1CCN(Cc2ccccc2)CC1. The molecule has 2 aliphatic heterocycles. The summed E-state index contributed by atoms with van der Waals surface area (Å²) in [5.41, 5.74) is 2.41. The molecular weight excluding hydrogens is 569 g/mol. The Morgan fingerprint density at radius 3 is 1.14 bits per heavy atom. The zero-order valence-corrected chi connectivity index (χ0v) is 25.2. The summed E-state index contributed by atoms with van der Waals surface area (Å²) < 4.78 is 58.5. The van der Waals surface area contributed by atoms with Gasteiger partial charge in [0, 0.05) is 76.2 Å². The number of benzene rings is 4. The molecule has 42 heavy (non-hydrogen) atoms. The summed E-state index contributed by atoms with van der Waals surface area (Å²) in [7, 11) is -7.64. The van der Waals surface area contributed by atoms with E-state index in [2.05, 4.69) is 34.1 Å². The summed E-state index contributed by atoms with van der Waals surface area (Å²) in [5, 5.41) is 0.876. The van der Waals surface area contributed by atoms with E-state index in [0.717, 1.165) is 13.1 Å². The van der Waals surface area contributed by atoms with Gasteiger partial charge in [-0.2, -0.15) is 8.61 Å². The van der Waals surface area contributed by atoms with Crippen LogP contribution in [0, 0.1) is 0 Å². The molecule has 0 amide bonds. The molecule has 0 unspecified atom stereocenters. The van der Waals surface area contributed by atoms with E-state index in [1.54, 1.807) is 36.4 Å². The number of rotatable bonds is 8. The van der Waals surface area contributed by atoms with Crippen molar-refractivity contribution in [3.05, 3.63) is 108 Å². The number of hydrogen-bond acceptors (Lipinski definition) is 6. The first-order valence-electron chi connectivity index (χ1n) is 14.4. The fourth-order valence-corrected chi connectivity index (χ4v) is 9.18. The monoisotopic (exact) mass is 604 g/mol.